The van der Waals surface area contributed by atoms with Crippen molar-refractivity contribution in [3.8, 4) is 0 Å². The fraction of sp³-hybridized carbons (Fsp3) is 0.0625. The molecule has 3 N–H and O–H groups in total. The summed E-state index contributed by atoms with van der Waals surface area (Å²) >= 11 is 0. The molecule has 1 amide bonds. The largest absolute Gasteiger partial charge is 0.477 e. The quantitative estimate of drug-likeness (QED) is 0.687. The number of fused-ring (bicyclic) bond motifs is 1. The van der Waals surface area contributed by atoms with Gasteiger partial charge in [-0.1, -0.05) is 30.3 Å². The Kier molecular flexibility index (Phi) is 3.92. The van der Waals surface area contributed by atoms with Gasteiger partial charge in [-0.15, -0.1) is 0 Å². The van der Waals surface area contributed by atoms with Gasteiger partial charge in [0.2, 0.25) is 0 Å². The molecule has 116 valence electrons. The van der Waals surface area contributed by atoms with Gasteiger partial charge in [-0.05, 0) is 17.7 Å². The predicted molar refractivity (Wildman–Crippen MR) is 83.3 cm³/mol. The number of anilines is 1. The molecule has 0 spiro atoms. The van der Waals surface area contributed by atoms with E-state index >= 15 is 0 Å². The highest BCUT2D eigenvalue weighted by atomic mass is 16.5. The fourth-order valence-corrected chi connectivity index (χ4v) is 2.08. The molecule has 7 heteroatoms. The number of nitrogens with zero attached hydrogens (tertiary/aromatic N) is 1. The van der Waals surface area contributed by atoms with Crippen LogP contribution in [-0.2, 0) is 11.3 Å². The van der Waals surface area contributed by atoms with E-state index in [0.717, 1.165) is 5.56 Å². The van der Waals surface area contributed by atoms with Crippen LogP contribution in [0.5, 0.6) is 0 Å². The van der Waals surface area contributed by atoms with Crippen LogP contribution in [0, 0.1) is 0 Å². The molecule has 1 aromatic carbocycles. The third kappa shape index (κ3) is 3.46. The zero-order valence-electron chi connectivity index (χ0n) is 11.9. The summed E-state index contributed by atoms with van der Waals surface area (Å²) in [4.78, 5) is 29.4. The molecule has 0 unspecified atom stereocenters. The molecule has 23 heavy (non-hydrogen) atoms. The van der Waals surface area contributed by atoms with Crippen molar-refractivity contribution in [3.63, 3.8) is 0 Å². The van der Waals surface area contributed by atoms with Crippen LogP contribution in [0.15, 0.2) is 48.7 Å². The van der Waals surface area contributed by atoms with Crippen molar-refractivity contribution >= 4 is 28.8 Å². The van der Waals surface area contributed by atoms with Gasteiger partial charge in [0.05, 0.1) is 11.9 Å². The number of H-pyrrole nitrogens is 1. The monoisotopic (exact) mass is 311 g/mol. The van der Waals surface area contributed by atoms with Crippen molar-refractivity contribution in [1.29, 1.82) is 0 Å². The molecule has 2 heterocycles. The first-order valence-electron chi connectivity index (χ1n) is 6.81. The lowest BCUT2D eigenvalue weighted by molar-refractivity contribution is 0.0691. The molecule has 7 nitrogen and oxygen atoms in total. The van der Waals surface area contributed by atoms with Crippen molar-refractivity contribution < 1.29 is 19.4 Å². The van der Waals surface area contributed by atoms with Gasteiger partial charge in [-0.2, -0.15) is 0 Å². The normalized spacial score (nSPS) is 10.4. The Morgan fingerprint density at radius 1 is 1.22 bits per heavy atom. The first-order chi connectivity index (χ1) is 11.1. The summed E-state index contributed by atoms with van der Waals surface area (Å²) in [6, 6.07) is 12.4. The SMILES string of the molecule is O=C(Nc1cnc2[nH]c(C(=O)O)cc2c1)OCc1ccccc1. The summed E-state index contributed by atoms with van der Waals surface area (Å²) in [6.45, 7) is 0.162. The van der Waals surface area contributed by atoms with E-state index in [9.17, 15) is 9.59 Å². The summed E-state index contributed by atoms with van der Waals surface area (Å²) in [7, 11) is 0. The minimum atomic E-state index is -1.07. The molecule has 0 bridgehead atoms. The Morgan fingerprint density at radius 3 is 2.74 bits per heavy atom. The van der Waals surface area contributed by atoms with E-state index in [1.165, 1.54) is 12.3 Å². The first-order valence-corrected chi connectivity index (χ1v) is 6.81. The molecule has 0 saturated carbocycles. The average Bonchev–Trinajstić information content (AvgIpc) is 2.97. The van der Waals surface area contributed by atoms with E-state index in [1.807, 2.05) is 30.3 Å². The number of nitrogens with one attached hydrogen (secondary N) is 2. The van der Waals surface area contributed by atoms with Crippen molar-refractivity contribution in [1.82, 2.24) is 9.97 Å². The lowest BCUT2D eigenvalue weighted by Crippen LogP contribution is -2.13. The van der Waals surface area contributed by atoms with Crippen molar-refractivity contribution in [2.24, 2.45) is 0 Å². The number of hydrogen-bond acceptors (Lipinski definition) is 4. The maximum atomic E-state index is 11.8. The molecule has 3 aromatic rings. The van der Waals surface area contributed by atoms with Crippen LogP contribution >= 0.6 is 0 Å². The highest BCUT2D eigenvalue weighted by Gasteiger charge is 2.10. The van der Waals surface area contributed by atoms with E-state index in [1.54, 1.807) is 6.07 Å². The second-order valence-electron chi connectivity index (χ2n) is 4.84. The number of aromatic nitrogens is 2. The van der Waals surface area contributed by atoms with Crippen LogP contribution in [0.25, 0.3) is 11.0 Å². The van der Waals surface area contributed by atoms with Crippen LogP contribution in [-0.4, -0.2) is 27.1 Å². The van der Waals surface area contributed by atoms with Gasteiger partial charge in [0.25, 0.3) is 0 Å². The van der Waals surface area contributed by atoms with Crippen LogP contribution < -0.4 is 5.32 Å². The minimum Gasteiger partial charge on any atom is -0.477 e. The number of ether oxygens (including phenoxy) is 1. The number of carboxylic acid groups (broad SMARTS) is 1. The molecule has 0 aliphatic rings. The zero-order valence-corrected chi connectivity index (χ0v) is 11.9. The lowest BCUT2D eigenvalue weighted by Gasteiger charge is -2.06. The van der Waals surface area contributed by atoms with Gasteiger partial charge in [0.1, 0.15) is 17.9 Å². The van der Waals surface area contributed by atoms with Crippen molar-refractivity contribution in [3.05, 3.63) is 59.9 Å². The van der Waals surface area contributed by atoms with E-state index in [2.05, 4.69) is 15.3 Å². The smallest absolute Gasteiger partial charge is 0.412 e. The number of aromatic carboxylic acids is 1. The average molecular weight is 311 g/mol. The van der Waals surface area contributed by atoms with Crippen LogP contribution in [0.3, 0.4) is 0 Å². The second kappa shape index (κ2) is 6.18. The maximum absolute atomic E-state index is 11.8. The Bertz CT molecular complexity index is 858. The number of benzene rings is 1. The van der Waals surface area contributed by atoms with Crippen LogP contribution in [0.1, 0.15) is 16.1 Å². The number of hydrogen-bond donors (Lipinski definition) is 3. The van der Waals surface area contributed by atoms with Gasteiger partial charge >= 0.3 is 12.1 Å². The van der Waals surface area contributed by atoms with E-state index < -0.39 is 12.1 Å². The molecule has 3 rings (SSSR count). The molecule has 2 aromatic heterocycles. The zero-order chi connectivity index (χ0) is 16.2. The lowest BCUT2D eigenvalue weighted by atomic mass is 10.2. The van der Waals surface area contributed by atoms with Gasteiger partial charge in [0.15, 0.2) is 0 Å². The third-order valence-corrected chi connectivity index (χ3v) is 3.16. The number of pyridine rings is 1. The van der Waals surface area contributed by atoms with Crippen molar-refractivity contribution in [2.45, 2.75) is 6.61 Å². The second-order valence-corrected chi connectivity index (χ2v) is 4.84. The molecule has 0 saturated heterocycles. The van der Waals surface area contributed by atoms with E-state index in [4.69, 9.17) is 9.84 Å². The molecule has 0 aliphatic heterocycles. The molecular weight excluding hydrogens is 298 g/mol. The molecule has 0 atom stereocenters. The van der Waals surface area contributed by atoms with Crippen LogP contribution in [0.2, 0.25) is 0 Å². The van der Waals surface area contributed by atoms with Crippen LogP contribution in [0.4, 0.5) is 10.5 Å². The topological polar surface area (TPSA) is 104 Å². The summed E-state index contributed by atoms with van der Waals surface area (Å²) in [5.41, 5.74) is 1.78. The molecule has 0 radical (unpaired) electrons. The number of carboxylic acids is 1. The van der Waals surface area contributed by atoms with Crippen molar-refractivity contribution in [2.75, 3.05) is 5.32 Å². The Labute approximate surface area is 130 Å². The highest BCUT2D eigenvalue weighted by molar-refractivity contribution is 5.94. The Balaban J connectivity index is 1.66. The van der Waals surface area contributed by atoms with E-state index in [-0.39, 0.29) is 12.3 Å². The number of amides is 1. The standard InChI is InChI=1S/C16H13N3O4/c20-15(21)13-7-11-6-12(8-17-14(11)19-13)18-16(22)23-9-10-4-2-1-3-5-10/h1-8H,9H2,(H,17,19)(H,18,22)(H,20,21). The first kappa shape index (κ1) is 14.6. The third-order valence-electron chi connectivity index (χ3n) is 3.16. The summed E-state index contributed by atoms with van der Waals surface area (Å²) in [5.74, 6) is -1.07. The number of aromatic amines is 1. The Morgan fingerprint density at radius 2 is 2.00 bits per heavy atom. The highest BCUT2D eigenvalue weighted by Crippen LogP contribution is 2.18. The summed E-state index contributed by atoms with van der Waals surface area (Å²) in [6.07, 6.45) is 0.817. The predicted octanol–water partition coefficient (Wildman–Crippen LogP) is 3.01. The molecular formula is C16H13N3O4. The molecule has 0 fully saturated rings. The Hall–Kier alpha value is -3.35. The van der Waals surface area contributed by atoms with E-state index in [0.29, 0.717) is 16.7 Å². The van der Waals surface area contributed by atoms with Gasteiger partial charge in [-0.25, -0.2) is 14.6 Å². The van der Waals surface area contributed by atoms with Gasteiger partial charge in [-0.3, -0.25) is 5.32 Å². The number of rotatable bonds is 4. The number of carbonyl (C=O) groups is 2. The molecule has 0 aliphatic carbocycles. The minimum absolute atomic E-state index is 0.0382. The summed E-state index contributed by atoms with van der Waals surface area (Å²) in [5, 5.41) is 12.1. The fourth-order valence-electron chi connectivity index (χ4n) is 2.08. The van der Waals surface area contributed by atoms with Gasteiger partial charge < -0.3 is 14.8 Å². The summed E-state index contributed by atoms with van der Waals surface area (Å²) < 4.78 is 5.11. The number of carbonyl (C=O) groups excluding carboxylic acids is 1. The van der Waals surface area contributed by atoms with Gasteiger partial charge in [0, 0.05) is 5.39 Å². The maximum Gasteiger partial charge on any atom is 0.412 e.